The maximum atomic E-state index is 12.1. The van der Waals surface area contributed by atoms with Gasteiger partial charge in [0.1, 0.15) is 54.9 Å². The molecule has 24 atom stereocenters. The summed E-state index contributed by atoms with van der Waals surface area (Å²) in [6.45, 7) is 14.0. The largest absolute Gasteiger partial charge is 0.396 e. The van der Waals surface area contributed by atoms with Gasteiger partial charge in [-0.25, -0.2) is 0 Å². The van der Waals surface area contributed by atoms with Gasteiger partial charge in [-0.2, -0.15) is 0 Å². The van der Waals surface area contributed by atoms with Crippen molar-refractivity contribution in [2.75, 3.05) is 26.4 Å². The fourth-order valence-corrected chi connectivity index (χ4v) is 15.0. The molecule has 0 aromatic carbocycles. The highest BCUT2D eigenvalue weighted by Crippen LogP contribution is 2.74. The standard InChI is InChI=1S/C49H80O17/c1-23-33(54)36(57)40(61)43(63-23)66-41-24(20-62-42-39(60)37(58)35(56)28(19-50)65-42)16-27(34(55)38(41)59)64-32-11-12-46(5)29(44(32,2)3)10-13-47(6)30(46)9-8-25-26-17-45(4,21-51)14-15-49(26,22-52)31(53)18-48(25,47)7/h8-9,23-24,27-43,50-61H,10-22H2,1-7H3/t23-,24+,27+,28+,29-,30+,31+,32-,33-,34-,35+,36+,37-,38+,39+,40+,41+,42+,43-,45+,46-,47+,48+,49+/m0/s1. The molecule has 2 saturated heterocycles. The Balaban J connectivity index is 1.04. The molecule has 2 heterocycles. The Morgan fingerprint density at radius 1 is 0.697 bits per heavy atom. The number of ether oxygens (including phenoxy) is 5. The first kappa shape index (κ1) is 51.2. The fourth-order valence-electron chi connectivity index (χ4n) is 15.0. The minimum Gasteiger partial charge on any atom is -0.396 e. The minimum absolute atomic E-state index is 0.0389. The second-order valence-corrected chi connectivity index (χ2v) is 23.6. The summed E-state index contributed by atoms with van der Waals surface area (Å²) in [7, 11) is 0. The lowest BCUT2D eigenvalue weighted by Gasteiger charge is -2.70. The Morgan fingerprint density at radius 2 is 1.38 bits per heavy atom. The first-order chi connectivity index (χ1) is 30.9. The van der Waals surface area contributed by atoms with E-state index in [1.165, 1.54) is 12.5 Å². The van der Waals surface area contributed by atoms with Gasteiger partial charge in [-0.3, -0.25) is 0 Å². The highest BCUT2D eigenvalue weighted by molar-refractivity contribution is 5.47. The molecule has 0 aromatic heterocycles. The smallest absolute Gasteiger partial charge is 0.186 e. The van der Waals surface area contributed by atoms with Crippen LogP contribution in [0.2, 0.25) is 0 Å². The van der Waals surface area contributed by atoms with E-state index in [9.17, 15) is 61.3 Å². The lowest BCUT2D eigenvalue weighted by Crippen LogP contribution is -2.65. The molecule has 0 spiro atoms. The van der Waals surface area contributed by atoms with E-state index in [2.05, 4.69) is 53.7 Å². The molecular weight excluding hydrogens is 861 g/mol. The maximum Gasteiger partial charge on any atom is 0.186 e. The quantitative estimate of drug-likeness (QED) is 0.139. The Labute approximate surface area is 388 Å². The van der Waals surface area contributed by atoms with Gasteiger partial charge in [-0.05, 0) is 104 Å². The van der Waals surface area contributed by atoms with Crippen molar-refractivity contribution in [1.82, 2.24) is 0 Å². The number of rotatable bonds is 10. The van der Waals surface area contributed by atoms with Gasteiger partial charge in [0, 0.05) is 23.4 Å². The Kier molecular flexibility index (Phi) is 14.1. The third-order valence-corrected chi connectivity index (χ3v) is 19.6. The van der Waals surface area contributed by atoms with Crippen molar-refractivity contribution in [3.63, 3.8) is 0 Å². The predicted molar refractivity (Wildman–Crippen MR) is 235 cm³/mol. The van der Waals surface area contributed by atoms with Crippen molar-refractivity contribution in [2.24, 2.45) is 50.2 Å². The fraction of sp³-hybridized carbons (Fsp3) is 0.918. The van der Waals surface area contributed by atoms with Crippen LogP contribution in [0.1, 0.15) is 106 Å². The van der Waals surface area contributed by atoms with Crippen LogP contribution in [0.5, 0.6) is 0 Å². The highest BCUT2D eigenvalue weighted by Gasteiger charge is 2.68. The van der Waals surface area contributed by atoms with E-state index >= 15 is 0 Å². The molecule has 0 amide bonds. The number of hydrogen-bond donors (Lipinski definition) is 12. The van der Waals surface area contributed by atoms with Crippen LogP contribution in [0.15, 0.2) is 23.3 Å². The predicted octanol–water partition coefficient (Wildman–Crippen LogP) is 0.168. The summed E-state index contributed by atoms with van der Waals surface area (Å²) >= 11 is 0. The molecule has 8 rings (SSSR count). The molecule has 8 aliphatic rings. The average molecular weight is 941 g/mol. The Bertz CT molecular complexity index is 1810. The number of hydrogen-bond acceptors (Lipinski definition) is 17. The van der Waals surface area contributed by atoms with E-state index in [1.54, 1.807) is 0 Å². The van der Waals surface area contributed by atoms with Crippen LogP contribution >= 0.6 is 0 Å². The number of aliphatic hydroxyl groups is 12. The van der Waals surface area contributed by atoms with E-state index in [0.29, 0.717) is 25.7 Å². The Morgan fingerprint density at radius 3 is 2.05 bits per heavy atom. The number of fused-ring (bicyclic) bond motifs is 6. The average Bonchev–Trinajstić information content (AvgIpc) is 3.27. The zero-order valence-corrected chi connectivity index (χ0v) is 39.7. The van der Waals surface area contributed by atoms with Crippen LogP contribution in [0, 0.1) is 50.2 Å². The highest BCUT2D eigenvalue weighted by atomic mass is 16.7. The number of aliphatic hydroxyl groups excluding tert-OH is 12. The van der Waals surface area contributed by atoms with Crippen LogP contribution in [-0.2, 0) is 23.7 Å². The van der Waals surface area contributed by atoms with Gasteiger partial charge in [0.05, 0.1) is 50.3 Å². The summed E-state index contributed by atoms with van der Waals surface area (Å²) in [4.78, 5) is 0. The third kappa shape index (κ3) is 7.85. The van der Waals surface area contributed by atoms with Crippen LogP contribution in [-0.4, -0.2) is 186 Å². The SMILES string of the molecule is C[C@@H]1O[C@@H](O[C@@H]2[C@@H](CO[C@@H]3O[C@H](CO)[C@@H](O)[C@H](O)[C@H]3O)C[C@@H](O[C@H]3CC[C@]4(C)[C@H]5C=CC6=C7C[C@](C)(CO)CC[C@]7(CO)[C@H](O)C[C@@]6(C)[C@]5(C)CC[C@H]4C3(C)C)[C@H](O)[C@H]2O)[C@H](O)[C@H](O)[C@H]1O. The van der Waals surface area contributed by atoms with Crippen molar-refractivity contribution in [3.8, 4) is 0 Å². The van der Waals surface area contributed by atoms with E-state index in [0.717, 1.165) is 31.3 Å². The summed E-state index contributed by atoms with van der Waals surface area (Å²) in [6.07, 6.45) is -11.0. The van der Waals surface area contributed by atoms with Crippen molar-refractivity contribution >= 4 is 0 Å². The lowest BCUT2D eigenvalue weighted by molar-refractivity contribution is -0.335. The molecule has 0 unspecified atom stereocenters. The summed E-state index contributed by atoms with van der Waals surface area (Å²) < 4.78 is 30.4. The van der Waals surface area contributed by atoms with Gasteiger partial charge in [0.15, 0.2) is 12.6 Å². The van der Waals surface area contributed by atoms with Crippen molar-refractivity contribution < 1.29 is 85.0 Å². The summed E-state index contributed by atoms with van der Waals surface area (Å²) in [6, 6.07) is 0. The molecule has 6 fully saturated rings. The van der Waals surface area contributed by atoms with Gasteiger partial charge < -0.3 is 85.0 Å². The number of allylic oxidation sites excluding steroid dienone is 3. The minimum atomic E-state index is -1.72. The lowest BCUT2D eigenvalue weighted by atomic mass is 9.35. The zero-order chi connectivity index (χ0) is 48.3. The topological polar surface area (TPSA) is 289 Å². The van der Waals surface area contributed by atoms with Crippen molar-refractivity contribution in [1.29, 1.82) is 0 Å². The third-order valence-electron chi connectivity index (χ3n) is 19.6. The van der Waals surface area contributed by atoms with E-state index in [1.807, 2.05) is 0 Å². The molecule has 0 bridgehead atoms. The van der Waals surface area contributed by atoms with Crippen molar-refractivity contribution in [3.05, 3.63) is 23.3 Å². The van der Waals surface area contributed by atoms with E-state index in [4.69, 9.17) is 23.7 Å². The first-order valence-corrected chi connectivity index (χ1v) is 24.5. The molecule has 0 radical (unpaired) electrons. The van der Waals surface area contributed by atoms with Gasteiger partial charge in [0.25, 0.3) is 0 Å². The molecule has 66 heavy (non-hydrogen) atoms. The van der Waals surface area contributed by atoms with Gasteiger partial charge in [-0.1, -0.05) is 59.3 Å². The van der Waals surface area contributed by atoms with Crippen LogP contribution in [0.25, 0.3) is 0 Å². The van der Waals surface area contributed by atoms with Crippen molar-refractivity contribution in [2.45, 2.75) is 204 Å². The van der Waals surface area contributed by atoms with Crippen LogP contribution in [0.3, 0.4) is 0 Å². The van der Waals surface area contributed by atoms with E-state index < -0.39 is 115 Å². The zero-order valence-electron chi connectivity index (χ0n) is 39.7. The molecule has 4 saturated carbocycles. The molecule has 17 heteroatoms. The molecular formula is C49H80O17. The molecule has 378 valence electrons. The van der Waals surface area contributed by atoms with E-state index in [-0.39, 0.29) is 65.8 Å². The maximum absolute atomic E-state index is 12.1. The van der Waals surface area contributed by atoms with Gasteiger partial charge >= 0.3 is 0 Å². The first-order valence-electron chi connectivity index (χ1n) is 24.5. The summed E-state index contributed by atoms with van der Waals surface area (Å²) in [5.41, 5.74) is 0.0207. The van der Waals surface area contributed by atoms with Gasteiger partial charge in [0.2, 0.25) is 0 Å². The second kappa shape index (κ2) is 18.1. The summed E-state index contributed by atoms with van der Waals surface area (Å²) in [5.74, 6) is -0.527. The molecule has 2 aliphatic heterocycles. The molecule has 6 aliphatic carbocycles. The molecule has 0 aromatic rings. The van der Waals surface area contributed by atoms with Crippen LogP contribution in [0.4, 0.5) is 0 Å². The summed E-state index contributed by atoms with van der Waals surface area (Å²) in [5, 5.41) is 130. The Hall–Kier alpha value is -1.20. The normalized spacial score (nSPS) is 54.8. The molecule has 17 nitrogen and oxygen atoms in total. The molecule has 12 N–H and O–H groups in total. The monoisotopic (exact) mass is 941 g/mol. The second-order valence-electron chi connectivity index (χ2n) is 23.6. The van der Waals surface area contributed by atoms with Gasteiger partial charge in [-0.15, -0.1) is 0 Å². The van der Waals surface area contributed by atoms with Crippen LogP contribution < -0.4 is 0 Å².